The fraction of sp³-hybridized carbons (Fsp3) is 0.474. The number of H-pyrrole nitrogens is 1. The summed E-state index contributed by atoms with van der Waals surface area (Å²) in [7, 11) is 0. The first-order valence-corrected chi connectivity index (χ1v) is 8.81. The predicted octanol–water partition coefficient (Wildman–Crippen LogP) is 2.94. The Morgan fingerprint density at radius 1 is 1.25 bits per heavy atom. The van der Waals surface area contributed by atoms with Crippen LogP contribution in [0.2, 0.25) is 0 Å². The lowest BCUT2D eigenvalue weighted by Crippen LogP contribution is -2.39. The van der Waals surface area contributed by atoms with E-state index in [1.807, 2.05) is 35.2 Å². The van der Waals surface area contributed by atoms with Gasteiger partial charge in [-0.05, 0) is 37.3 Å². The molecule has 0 aliphatic carbocycles. The summed E-state index contributed by atoms with van der Waals surface area (Å²) < 4.78 is 0. The van der Waals surface area contributed by atoms with Crippen LogP contribution in [0, 0.1) is 5.92 Å². The molecule has 24 heavy (non-hydrogen) atoms. The van der Waals surface area contributed by atoms with Crippen LogP contribution in [0.15, 0.2) is 30.3 Å². The maximum Gasteiger partial charge on any atom is 0.270 e. The molecule has 0 spiro atoms. The normalized spacial score (nSPS) is 15.6. The maximum atomic E-state index is 12.7. The average molecular weight is 327 g/mol. The van der Waals surface area contributed by atoms with Crippen LogP contribution >= 0.6 is 0 Å². The molecule has 0 saturated carbocycles. The summed E-state index contributed by atoms with van der Waals surface area (Å²) in [4.78, 5) is 29.6. The molecule has 2 N–H and O–H groups in total. The third-order valence-corrected chi connectivity index (χ3v) is 4.71. The van der Waals surface area contributed by atoms with E-state index < -0.39 is 0 Å². The minimum absolute atomic E-state index is 0.0556. The van der Waals surface area contributed by atoms with Crippen molar-refractivity contribution in [3.05, 3.63) is 36.0 Å². The number of aromatic amines is 1. The molecular weight excluding hydrogens is 302 g/mol. The third-order valence-electron chi connectivity index (χ3n) is 4.71. The molecule has 0 bridgehead atoms. The van der Waals surface area contributed by atoms with E-state index in [9.17, 15) is 9.59 Å². The van der Waals surface area contributed by atoms with E-state index in [0.29, 0.717) is 18.0 Å². The van der Waals surface area contributed by atoms with Crippen LogP contribution < -0.4 is 5.32 Å². The van der Waals surface area contributed by atoms with E-state index in [0.717, 1.165) is 49.8 Å². The lowest BCUT2D eigenvalue weighted by atomic mass is 9.93. The number of likely N-dealkylation sites (tertiary alicyclic amines) is 1. The van der Waals surface area contributed by atoms with Crippen molar-refractivity contribution in [1.29, 1.82) is 0 Å². The number of benzene rings is 1. The first-order chi connectivity index (χ1) is 11.7. The second-order valence-electron chi connectivity index (χ2n) is 6.56. The van der Waals surface area contributed by atoms with Crippen molar-refractivity contribution in [1.82, 2.24) is 15.2 Å². The SMILES string of the molecule is CCCNC(=O)CC1CCN(C(=O)c2cc3ccccc3[nH]2)CC1. The molecule has 2 heterocycles. The Morgan fingerprint density at radius 3 is 2.71 bits per heavy atom. The molecular formula is C19H25N3O2. The molecule has 2 amide bonds. The van der Waals surface area contributed by atoms with Crippen molar-refractivity contribution in [2.45, 2.75) is 32.6 Å². The first kappa shape index (κ1) is 16.6. The fourth-order valence-corrected chi connectivity index (χ4v) is 3.30. The molecule has 0 radical (unpaired) electrons. The second-order valence-corrected chi connectivity index (χ2v) is 6.56. The van der Waals surface area contributed by atoms with Gasteiger partial charge in [0, 0.05) is 37.0 Å². The third kappa shape index (κ3) is 3.78. The van der Waals surface area contributed by atoms with Gasteiger partial charge in [-0.15, -0.1) is 0 Å². The molecule has 1 aromatic heterocycles. The largest absolute Gasteiger partial charge is 0.356 e. The number of piperidine rings is 1. The Bertz CT molecular complexity index is 681. The number of hydrogen-bond donors (Lipinski definition) is 2. The van der Waals surface area contributed by atoms with Crippen LogP contribution in [0.1, 0.15) is 43.1 Å². The number of hydrogen-bond acceptors (Lipinski definition) is 2. The van der Waals surface area contributed by atoms with Gasteiger partial charge < -0.3 is 15.2 Å². The standard InChI is InChI=1S/C19H25N3O2/c1-2-9-20-18(23)12-14-7-10-22(11-8-14)19(24)17-13-15-5-3-4-6-16(15)21-17/h3-6,13-14,21H,2,7-12H2,1H3,(H,20,23). The Morgan fingerprint density at radius 2 is 2.00 bits per heavy atom. The van der Waals surface area contributed by atoms with Crippen LogP contribution in [-0.4, -0.2) is 41.3 Å². The first-order valence-electron chi connectivity index (χ1n) is 8.81. The Balaban J connectivity index is 1.54. The highest BCUT2D eigenvalue weighted by Crippen LogP contribution is 2.23. The smallest absolute Gasteiger partial charge is 0.270 e. The number of amides is 2. The molecule has 1 aliphatic rings. The van der Waals surface area contributed by atoms with Gasteiger partial charge in [-0.25, -0.2) is 0 Å². The summed E-state index contributed by atoms with van der Waals surface area (Å²) >= 11 is 0. The minimum atomic E-state index is 0.0556. The van der Waals surface area contributed by atoms with Gasteiger partial charge in [-0.1, -0.05) is 25.1 Å². The van der Waals surface area contributed by atoms with E-state index >= 15 is 0 Å². The van der Waals surface area contributed by atoms with Crippen molar-refractivity contribution >= 4 is 22.7 Å². The molecule has 1 aliphatic heterocycles. The zero-order valence-electron chi connectivity index (χ0n) is 14.2. The van der Waals surface area contributed by atoms with Crippen LogP contribution in [0.25, 0.3) is 10.9 Å². The van der Waals surface area contributed by atoms with Crippen LogP contribution in [0.3, 0.4) is 0 Å². The topological polar surface area (TPSA) is 65.2 Å². The summed E-state index contributed by atoms with van der Waals surface area (Å²) in [5.41, 5.74) is 1.64. The number of para-hydroxylation sites is 1. The number of nitrogens with zero attached hydrogens (tertiary/aromatic N) is 1. The Hall–Kier alpha value is -2.30. The van der Waals surface area contributed by atoms with Gasteiger partial charge in [0.1, 0.15) is 5.69 Å². The lowest BCUT2D eigenvalue weighted by molar-refractivity contribution is -0.122. The molecule has 128 valence electrons. The van der Waals surface area contributed by atoms with E-state index in [4.69, 9.17) is 0 Å². The highest BCUT2D eigenvalue weighted by atomic mass is 16.2. The van der Waals surface area contributed by atoms with Crippen molar-refractivity contribution in [3.63, 3.8) is 0 Å². The van der Waals surface area contributed by atoms with Crippen LogP contribution in [0.5, 0.6) is 0 Å². The van der Waals surface area contributed by atoms with Crippen molar-refractivity contribution in [2.75, 3.05) is 19.6 Å². The van der Waals surface area contributed by atoms with Crippen LogP contribution in [-0.2, 0) is 4.79 Å². The molecule has 2 aromatic rings. The molecule has 1 aromatic carbocycles. The average Bonchev–Trinajstić information content (AvgIpc) is 3.04. The highest BCUT2D eigenvalue weighted by molar-refractivity contribution is 5.98. The number of carbonyl (C=O) groups excluding carboxylic acids is 2. The van der Waals surface area contributed by atoms with Gasteiger partial charge in [0.2, 0.25) is 5.91 Å². The molecule has 3 rings (SSSR count). The zero-order chi connectivity index (χ0) is 16.9. The van der Waals surface area contributed by atoms with Gasteiger partial charge in [-0.2, -0.15) is 0 Å². The van der Waals surface area contributed by atoms with Gasteiger partial charge in [-0.3, -0.25) is 9.59 Å². The summed E-state index contributed by atoms with van der Waals surface area (Å²) in [6.45, 7) is 4.24. The molecule has 1 fully saturated rings. The van der Waals surface area contributed by atoms with E-state index in [2.05, 4.69) is 17.2 Å². The Labute approximate surface area is 142 Å². The van der Waals surface area contributed by atoms with Gasteiger partial charge in [0.15, 0.2) is 0 Å². The number of aromatic nitrogens is 1. The summed E-state index contributed by atoms with van der Waals surface area (Å²) in [6.07, 6.45) is 3.33. The molecule has 0 unspecified atom stereocenters. The predicted molar refractivity (Wildman–Crippen MR) is 94.8 cm³/mol. The van der Waals surface area contributed by atoms with E-state index in [1.165, 1.54) is 0 Å². The Kier molecular flexibility index (Phi) is 5.18. The van der Waals surface area contributed by atoms with Gasteiger partial charge in [0.05, 0.1) is 0 Å². The maximum absolute atomic E-state index is 12.7. The zero-order valence-corrected chi connectivity index (χ0v) is 14.2. The number of carbonyl (C=O) groups is 2. The number of rotatable bonds is 5. The summed E-state index contributed by atoms with van der Waals surface area (Å²) in [6, 6.07) is 9.83. The number of nitrogens with one attached hydrogen (secondary N) is 2. The molecule has 5 heteroatoms. The van der Waals surface area contributed by atoms with E-state index in [-0.39, 0.29) is 11.8 Å². The number of fused-ring (bicyclic) bond motifs is 1. The fourth-order valence-electron chi connectivity index (χ4n) is 3.30. The highest BCUT2D eigenvalue weighted by Gasteiger charge is 2.25. The monoisotopic (exact) mass is 327 g/mol. The molecule has 0 atom stereocenters. The molecule has 5 nitrogen and oxygen atoms in total. The van der Waals surface area contributed by atoms with Crippen molar-refractivity contribution in [2.24, 2.45) is 5.92 Å². The second kappa shape index (κ2) is 7.51. The summed E-state index contributed by atoms with van der Waals surface area (Å²) in [5, 5.41) is 3.99. The minimum Gasteiger partial charge on any atom is -0.356 e. The van der Waals surface area contributed by atoms with Gasteiger partial charge in [0.25, 0.3) is 5.91 Å². The van der Waals surface area contributed by atoms with Gasteiger partial charge >= 0.3 is 0 Å². The lowest BCUT2D eigenvalue weighted by Gasteiger charge is -2.31. The molecule has 1 saturated heterocycles. The van der Waals surface area contributed by atoms with E-state index in [1.54, 1.807) is 0 Å². The van der Waals surface area contributed by atoms with Crippen molar-refractivity contribution in [3.8, 4) is 0 Å². The van der Waals surface area contributed by atoms with Crippen LogP contribution in [0.4, 0.5) is 0 Å². The van der Waals surface area contributed by atoms with Crippen molar-refractivity contribution < 1.29 is 9.59 Å². The summed E-state index contributed by atoms with van der Waals surface area (Å²) in [5.74, 6) is 0.575. The quantitative estimate of drug-likeness (QED) is 0.887.